The minimum absolute atomic E-state index is 0.0369. The van der Waals surface area contributed by atoms with Gasteiger partial charge in [0.25, 0.3) is 0 Å². The van der Waals surface area contributed by atoms with Gasteiger partial charge in [-0.2, -0.15) is 0 Å². The van der Waals surface area contributed by atoms with Crippen LogP contribution < -0.4 is 10.6 Å². The molecular weight excluding hydrogens is 322 g/mol. The summed E-state index contributed by atoms with van der Waals surface area (Å²) in [6.45, 7) is 6.85. The summed E-state index contributed by atoms with van der Waals surface area (Å²) in [5.74, 6) is 0.885. The van der Waals surface area contributed by atoms with E-state index in [-0.39, 0.29) is 12.1 Å². The number of fused-ring (bicyclic) bond motifs is 1. The highest BCUT2D eigenvalue weighted by atomic mass is 32.1. The van der Waals surface area contributed by atoms with Crippen LogP contribution in [0.5, 0.6) is 0 Å². The molecule has 0 saturated carbocycles. The van der Waals surface area contributed by atoms with Gasteiger partial charge in [-0.25, -0.2) is 4.79 Å². The molecule has 6 heteroatoms. The van der Waals surface area contributed by atoms with Gasteiger partial charge in [0.15, 0.2) is 0 Å². The van der Waals surface area contributed by atoms with Crippen molar-refractivity contribution in [2.75, 3.05) is 13.1 Å². The zero-order chi connectivity index (χ0) is 16.9. The van der Waals surface area contributed by atoms with Gasteiger partial charge in [0.05, 0.1) is 6.26 Å². The molecular formula is C18H25N3O2S. The Morgan fingerprint density at radius 1 is 1.42 bits per heavy atom. The number of nitrogens with zero attached hydrogens (tertiary/aromatic N) is 1. The maximum Gasteiger partial charge on any atom is 0.315 e. The number of thiophene rings is 1. The summed E-state index contributed by atoms with van der Waals surface area (Å²) in [6.07, 6.45) is 3.47. The van der Waals surface area contributed by atoms with Crippen molar-refractivity contribution in [2.45, 2.75) is 45.3 Å². The minimum atomic E-state index is -0.117. The molecule has 0 fully saturated rings. The SMILES string of the molecule is C[C@H](CNC(=O)N[C@@H](C)Cc1ccco1)N1CCc2sccc2C1. The number of furan rings is 1. The molecule has 0 aliphatic carbocycles. The van der Waals surface area contributed by atoms with Gasteiger partial charge in [-0.05, 0) is 49.4 Å². The summed E-state index contributed by atoms with van der Waals surface area (Å²) in [7, 11) is 0. The highest BCUT2D eigenvalue weighted by molar-refractivity contribution is 7.10. The molecule has 0 aromatic carbocycles. The highest BCUT2D eigenvalue weighted by Gasteiger charge is 2.21. The molecule has 0 bridgehead atoms. The molecule has 1 aliphatic heterocycles. The van der Waals surface area contributed by atoms with Crippen molar-refractivity contribution >= 4 is 17.4 Å². The third kappa shape index (κ3) is 4.39. The van der Waals surface area contributed by atoms with Crippen LogP contribution in [0.2, 0.25) is 0 Å². The molecule has 3 heterocycles. The minimum Gasteiger partial charge on any atom is -0.469 e. The number of hydrogen-bond donors (Lipinski definition) is 2. The fourth-order valence-electron chi connectivity index (χ4n) is 3.07. The van der Waals surface area contributed by atoms with Crippen LogP contribution in [-0.2, 0) is 19.4 Å². The smallest absolute Gasteiger partial charge is 0.315 e. The van der Waals surface area contributed by atoms with E-state index in [1.54, 1.807) is 6.26 Å². The topological polar surface area (TPSA) is 57.5 Å². The van der Waals surface area contributed by atoms with Crippen molar-refractivity contribution in [1.29, 1.82) is 0 Å². The monoisotopic (exact) mass is 347 g/mol. The lowest BCUT2D eigenvalue weighted by molar-refractivity contribution is 0.185. The van der Waals surface area contributed by atoms with Gasteiger partial charge in [-0.15, -0.1) is 11.3 Å². The van der Waals surface area contributed by atoms with Gasteiger partial charge in [-0.3, -0.25) is 4.90 Å². The van der Waals surface area contributed by atoms with E-state index in [0.29, 0.717) is 19.0 Å². The summed E-state index contributed by atoms with van der Waals surface area (Å²) >= 11 is 1.85. The van der Waals surface area contributed by atoms with Crippen LogP contribution in [0.4, 0.5) is 4.79 Å². The normalized spacial score (nSPS) is 17.1. The van der Waals surface area contributed by atoms with Crippen LogP contribution >= 0.6 is 11.3 Å². The van der Waals surface area contributed by atoms with Crippen LogP contribution in [-0.4, -0.2) is 36.1 Å². The summed E-state index contributed by atoms with van der Waals surface area (Å²) in [6, 6.07) is 6.25. The molecule has 3 rings (SSSR count). The Balaban J connectivity index is 1.39. The van der Waals surface area contributed by atoms with E-state index in [1.807, 2.05) is 30.4 Å². The van der Waals surface area contributed by atoms with Crippen molar-refractivity contribution in [3.63, 3.8) is 0 Å². The molecule has 2 aromatic heterocycles. The molecule has 0 radical (unpaired) electrons. The lowest BCUT2D eigenvalue weighted by Crippen LogP contribution is -2.48. The number of carbonyl (C=O) groups is 1. The first-order chi connectivity index (χ1) is 11.6. The van der Waals surface area contributed by atoms with Crippen molar-refractivity contribution in [1.82, 2.24) is 15.5 Å². The van der Waals surface area contributed by atoms with Gasteiger partial charge in [-0.1, -0.05) is 0 Å². The molecule has 2 amide bonds. The predicted molar refractivity (Wildman–Crippen MR) is 96.3 cm³/mol. The number of carbonyl (C=O) groups excluding carboxylic acids is 1. The summed E-state index contributed by atoms with van der Waals surface area (Å²) < 4.78 is 5.31. The molecule has 2 atom stereocenters. The second-order valence-electron chi connectivity index (χ2n) is 6.48. The van der Waals surface area contributed by atoms with E-state index >= 15 is 0 Å². The first-order valence-corrected chi connectivity index (χ1v) is 9.36. The Hall–Kier alpha value is -1.79. The van der Waals surface area contributed by atoms with Crippen LogP contribution in [0.1, 0.15) is 30.0 Å². The van der Waals surface area contributed by atoms with E-state index in [2.05, 4.69) is 33.9 Å². The third-order valence-corrected chi connectivity index (χ3v) is 5.51. The molecule has 1 aliphatic rings. The fourth-order valence-corrected chi connectivity index (χ4v) is 3.96. The Morgan fingerprint density at radius 2 is 2.29 bits per heavy atom. The van der Waals surface area contributed by atoms with Gasteiger partial charge >= 0.3 is 6.03 Å². The van der Waals surface area contributed by atoms with Crippen molar-refractivity contribution in [3.05, 3.63) is 46.0 Å². The van der Waals surface area contributed by atoms with Crippen LogP contribution in [0, 0.1) is 0 Å². The van der Waals surface area contributed by atoms with E-state index in [4.69, 9.17) is 4.42 Å². The number of urea groups is 1. The molecule has 0 spiro atoms. The Morgan fingerprint density at radius 3 is 3.08 bits per heavy atom. The maximum atomic E-state index is 12.1. The van der Waals surface area contributed by atoms with Gasteiger partial charge < -0.3 is 15.1 Å². The van der Waals surface area contributed by atoms with Gasteiger partial charge in [0.2, 0.25) is 0 Å². The van der Waals surface area contributed by atoms with Crippen LogP contribution in [0.15, 0.2) is 34.3 Å². The van der Waals surface area contributed by atoms with E-state index < -0.39 is 0 Å². The summed E-state index contributed by atoms with van der Waals surface area (Å²) in [4.78, 5) is 16.0. The van der Waals surface area contributed by atoms with Crippen LogP contribution in [0.3, 0.4) is 0 Å². The molecule has 0 saturated heterocycles. The molecule has 2 N–H and O–H groups in total. The number of nitrogens with one attached hydrogen (secondary N) is 2. The predicted octanol–water partition coefficient (Wildman–Crippen LogP) is 3.02. The average Bonchev–Trinajstić information content (AvgIpc) is 3.22. The third-order valence-electron chi connectivity index (χ3n) is 4.48. The van der Waals surface area contributed by atoms with E-state index in [1.165, 1.54) is 10.4 Å². The number of rotatable bonds is 6. The quantitative estimate of drug-likeness (QED) is 0.844. The first-order valence-electron chi connectivity index (χ1n) is 8.48. The maximum absolute atomic E-state index is 12.1. The molecule has 130 valence electrons. The molecule has 0 unspecified atom stereocenters. The molecule has 5 nitrogen and oxygen atoms in total. The lowest BCUT2D eigenvalue weighted by Gasteiger charge is -2.32. The van der Waals surface area contributed by atoms with Crippen LogP contribution in [0.25, 0.3) is 0 Å². The Kier molecular flexibility index (Phi) is 5.58. The van der Waals surface area contributed by atoms with Gasteiger partial charge in [0.1, 0.15) is 5.76 Å². The Bertz CT molecular complexity index is 653. The molecule has 2 aromatic rings. The van der Waals surface area contributed by atoms with Crippen molar-refractivity contribution in [2.24, 2.45) is 0 Å². The lowest BCUT2D eigenvalue weighted by atomic mass is 10.1. The summed E-state index contributed by atoms with van der Waals surface area (Å²) in [5, 5.41) is 8.12. The Labute approximate surface area is 147 Å². The second-order valence-corrected chi connectivity index (χ2v) is 7.48. The zero-order valence-corrected chi connectivity index (χ0v) is 15.1. The van der Waals surface area contributed by atoms with E-state index in [9.17, 15) is 4.79 Å². The number of hydrogen-bond acceptors (Lipinski definition) is 4. The standard InChI is InChI=1S/C18H25N3O2S/c1-13(10-16-4-3-8-23-16)20-18(22)19-11-14(2)21-7-5-17-15(12-21)6-9-24-17/h3-4,6,8-9,13-14H,5,7,10-12H2,1-2H3,(H2,19,20,22)/t13-,14+/m0/s1. The number of amides is 2. The fraction of sp³-hybridized carbons (Fsp3) is 0.500. The first kappa shape index (κ1) is 17.0. The second kappa shape index (κ2) is 7.85. The largest absolute Gasteiger partial charge is 0.469 e. The van der Waals surface area contributed by atoms with Crippen molar-refractivity contribution in [3.8, 4) is 0 Å². The van der Waals surface area contributed by atoms with Gasteiger partial charge in [0, 0.05) is 43.0 Å². The average molecular weight is 347 g/mol. The zero-order valence-electron chi connectivity index (χ0n) is 14.2. The van der Waals surface area contributed by atoms with Crippen molar-refractivity contribution < 1.29 is 9.21 Å². The van der Waals surface area contributed by atoms with E-state index in [0.717, 1.165) is 25.3 Å². The highest BCUT2D eigenvalue weighted by Crippen LogP contribution is 2.24. The molecule has 24 heavy (non-hydrogen) atoms. The summed E-state index contributed by atoms with van der Waals surface area (Å²) in [5.41, 5.74) is 1.44.